The zero-order valence-electron chi connectivity index (χ0n) is 11.0. The first-order valence-corrected chi connectivity index (χ1v) is 6.19. The summed E-state index contributed by atoms with van der Waals surface area (Å²) in [5.74, 6) is 0.239. The van der Waals surface area contributed by atoms with Crippen LogP contribution in [0.15, 0.2) is 0 Å². The molecule has 0 aliphatic carbocycles. The van der Waals surface area contributed by atoms with Gasteiger partial charge in [-0.1, -0.05) is 13.8 Å². The van der Waals surface area contributed by atoms with Crippen LogP contribution in [0.5, 0.6) is 0 Å². The van der Waals surface area contributed by atoms with Crippen molar-refractivity contribution in [2.45, 2.75) is 52.6 Å². The highest BCUT2D eigenvalue weighted by molar-refractivity contribution is 5.81. The van der Waals surface area contributed by atoms with Gasteiger partial charge in [-0.3, -0.25) is 4.79 Å². The summed E-state index contributed by atoms with van der Waals surface area (Å²) in [7, 11) is 0. The van der Waals surface area contributed by atoms with Crippen LogP contribution >= 0.6 is 0 Å². The molecule has 0 aromatic rings. The lowest BCUT2D eigenvalue weighted by molar-refractivity contribution is -0.125. The fraction of sp³-hybridized carbons (Fsp3) is 0.923. The lowest BCUT2D eigenvalue weighted by Gasteiger charge is -2.30. The van der Waals surface area contributed by atoms with E-state index < -0.39 is 5.60 Å². The Kier molecular flexibility index (Phi) is 4.13. The normalized spacial score (nSPS) is 28.8. The highest BCUT2D eigenvalue weighted by Crippen LogP contribution is 2.24. The van der Waals surface area contributed by atoms with Gasteiger partial charge in [-0.15, -0.1) is 0 Å². The molecule has 0 saturated carbocycles. The quantitative estimate of drug-likeness (QED) is 0.800. The maximum atomic E-state index is 11.5. The lowest BCUT2D eigenvalue weighted by atomic mass is 9.88. The number of carbonyl (C=O) groups excluding carboxylic acids is 1. The second-order valence-electron chi connectivity index (χ2n) is 6.07. The van der Waals surface area contributed by atoms with Crippen LogP contribution in [0.2, 0.25) is 0 Å². The van der Waals surface area contributed by atoms with Gasteiger partial charge in [0.1, 0.15) is 5.78 Å². The predicted molar refractivity (Wildman–Crippen MR) is 65.4 cm³/mol. The highest BCUT2D eigenvalue weighted by Gasteiger charge is 2.30. The lowest BCUT2D eigenvalue weighted by Crippen LogP contribution is -2.39. The van der Waals surface area contributed by atoms with Crippen molar-refractivity contribution in [3.63, 3.8) is 0 Å². The number of nitrogens with zero attached hydrogens (tertiary/aromatic N) is 1. The molecule has 1 unspecified atom stereocenters. The molecule has 3 nitrogen and oxygen atoms in total. The highest BCUT2D eigenvalue weighted by atomic mass is 16.3. The van der Waals surface area contributed by atoms with Gasteiger partial charge in [0, 0.05) is 18.5 Å². The van der Waals surface area contributed by atoms with E-state index in [2.05, 4.69) is 4.90 Å². The molecule has 94 valence electrons. The second-order valence-corrected chi connectivity index (χ2v) is 6.07. The van der Waals surface area contributed by atoms with E-state index in [1.807, 2.05) is 20.8 Å². The molecular weight excluding hydrogens is 202 g/mol. The van der Waals surface area contributed by atoms with Gasteiger partial charge in [0.05, 0.1) is 5.60 Å². The fourth-order valence-electron chi connectivity index (χ4n) is 2.15. The molecule has 1 N–H and O–H groups in total. The molecule has 0 amide bonds. The minimum Gasteiger partial charge on any atom is -0.390 e. The Labute approximate surface area is 98.8 Å². The van der Waals surface area contributed by atoms with Crippen molar-refractivity contribution in [3.8, 4) is 0 Å². The van der Waals surface area contributed by atoms with E-state index in [1.165, 1.54) is 0 Å². The summed E-state index contributed by atoms with van der Waals surface area (Å²) < 4.78 is 0. The van der Waals surface area contributed by atoms with E-state index >= 15 is 0 Å². The molecule has 1 atom stereocenters. The molecule has 3 heteroatoms. The molecule has 16 heavy (non-hydrogen) atoms. The summed E-state index contributed by atoms with van der Waals surface area (Å²) in [5.41, 5.74) is -0.786. The number of Topliss-reactive ketones (excluding diaryl/α,β-unsaturated/α-hetero) is 1. The van der Waals surface area contributed by atoms with Crippen LogP contribution in [-0.4, -0.2) is 41.0 Å². The van der Waals surface area contributed by atoms with Crippen molar-refractivity contribution in [1.82, 2.24) is 4.90 Å². The zero-order valence-corrected chi connectivity index (χ0v) is 11.0. The molecule has 1 fully saturated rings. The van der Waals surface area contributed by atoms with E-state index in [0.717, 1.165) is 38.9 Å². The number of ketones is 1. The molecule has 0 spiro atoms. The summed E-state index contributed by atoms with van der Waals surface area (Å²) in [6.45, 7) is 10.3. The van der Waals surface area contributed by atoms with Crippen LogP contribution in [0.25, 0.3) is 0 Å². The molecule has 0 radical (unpaired) electrons. The summed E-state index contributed by atoms with van der Waals surface area (Å²) in [6, 6.07) is 0. The third kappa shape index (κ3) is 3.87. The molecule has 1 rings (SSSR count). The Balaban J connectivity index is 2.53. The average molecular weight is 227 g/mol. The third-order valence-corrected chi connectivity index (χ3v) is 3.73. The first kappa shape index (κ1) is 13.7. The largest absolute Gasteiger partial charge is 0.390 e. The molecule has 1 heterocycles. The Bertz CT molecular complexity index is 259. The smallest absolute Gasteiger partial charge is 0.136 e. The van der Waals surface area contributed by atoms with Crippen molar-refractivity contribution in [2.24, 2.45) is 5.41 Å². The van der Waals surface area contributed by atoms with Crippen LogP contribution in [0.4, 0.5) is 0 Å². The summed E-state index contributed by atoms with van der Waals surface area (Å²) in [6.07, 6.45) is 2.69. The van der Waals surface area contributed by atoms with Crippen LogP contribution in [0.1, 0.15) is 47.0 Å². The minimum atomic E-state index is -0.519. The maximum Gasteiger partial charge on any atom is 0.136 e. The van der Waals surface area contributed by atoms with E-state index in [0.29, 0.717) is 0 Å². The van der Waals surface area contributed by atoms with Crippen LogP contribution < -0.4 is 0 Å². The van der Waals surface area contributed by atoms with Gasteiger partial charge in [-0.25, -0.2) is 0 Å². The van der Waals surface area contributed by atoms with Crippen LogP contribution in [0, 0.1) is 5.41 Å². The van der Waals surface area contributed by atoms with E-state index in [9.17, 15) is 9.90 Å². The van der Waals surface area contributed by atoms with Gasteiger partial charge in [-0.05, 0) is 39.7 Å². The predicted octanol–water partition coefficient (Wildman–Crippen LogP) is 1.84. The summed E-state index contributed by atoms with van der Waals surface area (Å²) in [5, 5.41) is 9.99. The van der Waals surface area contributed by atoms with Gasteiger partial charge >= 0.3 is 0 Å². The summed E-state index contributed by atoms with van der Waals surface area (Å²) >= 11 is 0. The zero-order chi connectivity index (χ0) is 12.4. The summed E-state index contributed by atoms with van der Waals surface area (Å²) in [4.78, 5) is 13.8. The Morgan fingerprint density at radius 3 is 2.56 bits per heavy atom. The van der Waals surface area contributed by atoms with E-state index in [-0.39, 0.29) is 11.2 Å². The van der Waals surface area contributed by atoms with E-state index in [4.69, 9.17) is 0 Å². The van der Waals surface area contributed by atoms with Crippen LogP contribution in [-0.2, 0) is 4.79 Å². The van der Waals surface area contributed by atoms with Crippen molar-refractivity contribution in [1.29, 1.82) is 0 Å². The standard InChI is InChI=1S/C13H25NO2/c1-11(15)12(2,3)10-14-8-5-6-13(4,16)7-9-14/h16H,5-10H2,1-4H3. The number of rotatable bonds is 3. The topological polar surface area (TPSA) is 40.5 Å². The minimum absolute atomic E-state index is 0.239. The van der Waals surface area contributed by atoms with Crippen molar-refractivity contribution in [3.05, 3.63) is 0 Å². The Morgan fingerprint density at radius 2 is 2.00 bits per heavy atom. The molecular formula is C13H25NO2. The van der Waals surface area contributed by atoms with Crippen molar-refractivity contribution >= 4 is 5.78 Å². The van der Waals surface area contributed by atoms with Crippen LogP contribution in [0.3, 0.4) is 0 Å². The number of hydrogen-bond acceptors (Lipinski definition) is 3. The first-order chi connectivity index (χ1) is 7.23. The van der Waals surface area contributed by atoms with Gasteiger partial charge in [-0.2, -0.15) is 0 Å². The number of aliphatic hydroxyl groups is 1. The molecule has 0 aromatic heterocycles. The van der Waals surface area contributed by atoms with Crippen molar-refractivity contribution in [2.75, 3.05) is 19.6 Å². The van der Waals surface area contributed by atoms with Crippen molar-refractivity contribution < 1.29 is 9.90 Å². The van der Waals surface area contributed by atoms with Gasteiger partial charge in [0.15, 0.2) is 0 Å². The number of carbonyl (C=O) groups is 1. The molecule has 0 bridgehead atoms. The molecule has 1 aliphatic heterocycles. The Hall–Kier alpha value is -0.410. The van der Waals surface area contributed by atoms with Gasteiger partial charge < -0.3 is 10.0 Å². The third-order valence-electron chi connectivity index (χ3n) is 3.73. The maximum absolute atomic E-state index is 11.5. The Morgan fingerprint density at radius 1 is 1.38 bits per heavy atom. The molecule has 0 aromatic carbocycles. The number of hydrogen-bond donors (Lipinski definition) is 1. The molecule has 1 aliphatic rings. The van der Waals surface area contributed by atoms with E-state index in [1.54, 1.807) is 6.92 Å². The number of likely N-dealkylation sites (tertiary alicyclic amines) is 1. The van der Waals surface area contributed by atoms with Gasteiger partial charge in [0.2, 0.25) is 0 Å². The SMILES string of the molecule is CC(=O)C(C)(C)CN1CCCC(C)(O)CC1. The van der Waals surface area contributed by atoms with Gasteiger partial charge in [0.25, 0.3) is 0 Å². The second kappa shape index (κ2) is 4.84. The average Bonchev–Trinajstić information content (AvgIpc) is 2.27. The monoisotopic (exact) mass is 227 g/mol. The first-order valence-electron chi connectivity index (χ1n) is 6.19. The fourth-order valence-corrected chi connectivity index (χ4v) is 2.15. The molecule has 1 saturated heterocycles.